The Kier molecular flexibility index (Phi) is 3.86. The summed E-state index contributed by atoms with van der Waals surface area (Å²) in [5, 5.41) is 0. The van der Waals surface area contributed by atoms with E-state index in [1.165, 1.54) is 12.1 Å². The number of hydrogen-bond acceptors (Lipinski definition) is 2. The molecular weight excluding hydrogens is 210 g/mol. The molecule has 16 heavy (non-hydrogen) atoms. The fourth-order valence-electron chi connectivity index (χ4n) is 1.60. The summed E-state index contributed by atoms with van der Waals surface area (Å²) >= 11 is 0. The fraction of sp³-hybridized carbons (Fsp3) is 0.500. The third kappa shape index (κ3) is 2.70. The zero-order valence-electron chi connectivity index (χ0n) is 9.93. The highest BCUT2D eigenvalue weighted by Crippen LogP contribution is 2.27. The predicted molar refractivity (Wildman–Crippen MR) is 62.5 cm³/mol. The van der Waals surface area contributed by atoms with Crippen LogP contribution in [0.2, 0.25) is 0 Å². The summed E-state index contributed by atoms with van der Waals surface area (Å²) in [4.78, 5) is 1.79. The molecule has 2 nitrogen and oxygen atoms in total. The summed E-state index contributed by atoms with van der Waals surface area (Å²) in [6.45, 7) is 4.48. The standard InChI is InChI=1S/C12H18F2N2/c1-12(2,6-7-15)16(3)11-5-4-9(13)8-10(11)14/h4-5,8H,6-7,15H2,1-3H3. The maximum absolute atomic E-state index is 13.6. The second-order valence-corrected chi connectivity index (χ2v) is 4.51. The Labute approximate surface area is 95.1 Å². The van der Waals surface area contributed by atoms with Gasteiger partial charge in [-0.05, 0) is 38.9 Å². The van der Waals surface area contributed by atoms with Crippen LogP contribution in [0.25, 0.3) is 0 Å². The lowest BCUT2D eigenvalue weighted by molar-refractivity contribution is 0.448. The van der Waals surface area contributed by atoms with Crippen LogP contribution < -0.4 is 10.6 Å². The first-order valence-electron chi connectivity index (χ1n) is 5.27. The fourth-order valence-corrected chi connectivity index (χ4v) is 1.60. The van der Waals surface area contributed by atoms with Gasteiger partial charge in [-0.2, -0.15) is 0 Å². The maximum Gasteiger partial charge on any atom is 0.149 e. The normalized spacial score (nSPS) is 11.6. The SMILES string of the molecule is CN(c1ccc(F)cc1F)C(C)(C)CCN. The van der Waals surface area contributed by atoms with Crippen LogP contribution in [-0.2, 0) is 0 Å². The Morgan fingerprint density at radius 2 is 1.94 bits per heavy atom. The van der Waals surface area contributed by atoms with Crippen molar-refractivity contribution < 1.29 is 8.78 Å². The smallest absolute Gasteiger partial charge is 0.149 e. The molecule has 2 N–H and O–H groups in total. The van der Waals surface area contributed by atoms with Gasteiger partial charge in [0, 0.05) is 18.7 Å². The van der Waals surface area contributed by atoms with Crippen LogP contribution in [0.3, 0.4) is 0 Å². The monoisotopic (exact) mass is 228 g/mol. The molecule has 0 aliphatic rings. The highest BCUT2D eigenvalue weighted by atomic mass is 19.1. The molecule has 0 radical (unpaired) electrons. The lowest BCUT2D eigenvalue weighted by Crippen LogP contribution is -2.43. The van der Waals surface area contributed by atoms with Crippen LogP contribution in [0.4, 0.5) is 14.5 Å². The molecule has 0 saturated heterocycles. The summed E-state index contributed by atoms with van der Waals surface area (Å²) < 4.78 is 26.3. The molecular formula is C12H18F2N2. The third-order valence-corrected chi connectivity index (χ3v) is 2.94. The second-order valence-electron chi connectivity index (χ2n) is 4.51. The van der Waals surface area contributed by atoms with Gasteiger partial charge in [0.15, 0.2) is 0 Å². The zero-order chi connectivity index (χ0) is 12.3. The summed E-state index contributed by atoms with van der Waals surface area (Å²) in [5.74, 6) is -1.11. The quantitative estimate of drug-likeness (QED) is 0.858. The van der Waals surface area contributed by atoms with Crippen LogP contribution in [0.15, 0.2) is 18.2 Å². The first-order valence-corrected chi connectivity index (χ1v) is 5.27. The molecule has 0 saturated carbocycles. The molecule has 0 heterocycles. The van der Waals surface area contributed by atoms with Crippen LogP contribution in [0.1, 0.15) is 20.3 Å². The van der Waals surface area contributed by atoms with Crippen LogP contribution in [0, 0.1) is 11.6 Å². The molecule has 0 atom stereocenters. The Bertz CT molecular complexity index is 364. The van der Waals surface area contributed by atoms with Gasteiger partial charge in [0.2, 0.25) is 0 Å². The van der Waals surface area contributed by atoms with Gasteiger partial charge >= 0.3 is 0 Å². The van der Waals surface area contributed by atoms with Crippen molar-refractivity contribution in [3.63, 3.8) is 0 Å². The predicted octanol–water partition coefficient (Wildman–Crippen LogP) is 2.53. The van der Waals surface area contributed by atoms with Crippen LogP contribution in [-0.4, -0.2) is 19.1 Å². The van der Waals surface area contributed by atoms with E-state index in [1.54, 1.807) is 11.9 Å². The van der Waals surface area contributed by atoms with Gasteiger partial charge < -0.3 is 10.6 Å². The van der Waals surface area contributed by atoms with Gasteiger partial charge in [-0.25, -0.2) is 8.78 Å². The Balaban J connectivity index is 3.00. The molecule has 0 fully saturated rings. The van der Waals surface area contributed by atoms with E-state index in [9.17, 15) is 8.78 Å². The summed E-state index contributed by atoms with van der Waals surface area (Å²) in [7, 11) is 1.78. The van der Waals surface area contributed by atoms with Gasteiger partial charge in [0.1, 0.15) is 11.6 Å². The molecule has 0 aliphatic carbocycles. The van der Waals surface area contributed by atoms with E-state index >= 15 is 0 Å². The van der Waals surface area contributed by atoms with Gasteiger partial charge in [-0.15, -0.1) is 0 Å². The number of hydrogen-bond donors (Lipinski definition) is 1. The van der Waals surface area contributed by atoms with Crippen molar-refractivity contribution in [3.8, 4) is 0 Å². The molecule has 1 aromatic rings. The largest absolute Gasteiger partial charge is 0.367 e. The minimum absolute atomic E-state index is 0.257. The molecule has 90 valence electrons. The molecule has 0 aromatic heterocycles. The van der Waals surface area contributed by atoms with E-state index in [4.69, 9.17) is 5.73 Å². The van der Waals surface area contributed by atoms with Crippen molar-refractivity contribution in [2.45, 2.75) is 25.8 Å². The molecule has 1 rings (SSSR count). The zero-order valence-corrected chi connectivity index (χ0v) is 9.93. The van der Waals surface area contributed by atoms with E-state index in [0.717, 1.165) is 12.5 Å². The minimum Gasteiger partial charge on any atom is -0.367 e. The lowest BCUT2D eigenvalue weighted by atomic mass is 9.98. The van der Waals surface area contributed by atoms with Crippen LogP contribution >= 0.6 is 0 Å². The molecule has 1 aromatic carbocycles. The first-order chi connectivity index (χ1) is 7.38. The lowest BCUT2D eigenvalue weighted by Gasteiger charge is -2.37. The number of nitrogens with two attached hydrogens (primary N) is 1. The summed E-state index contributed by atoms with van der Waals surface area (Å²) in [5.41, 5.74) is 5.64. The number of benzene rings is 1. The second kappa shape index (κ2) is 4.78. The van der Waals surface area contributed by atoms with E-state index in [2.05, 4.69) is 0 Å². The van der Waals surface area contributed by atoms with Gasteiger partial charge in [-0.1, -0.05) is 0 Å². The molecule has 0 bridgehead atoms. The molecule has 0 aliphatic heterocycles. The van der Waals surface area contributed by atoms with E-state index in [0.29, 0.717) is 12.2 Å². The maximum atomic E-state index is 13.6. The Hall–Kier alpha value is -1.16. The van der Waals surface area contributed by atoms with Crippen LogP contribution in [0.5, 0.6) is 0 Å². The van der Waals surface area contributed by atoms with Gasteiger partial charge in [-0.3, -0.25) is 0 Å². The van der Waals surface area contributed by atoms with Crippen molar-refractivity contribution in [1.29, 1.82) is 0 Å². The Morgan fingerprint density at radius 3 is 2.44 bits per heavy atom. The van der Waals surface area contributed by atoms with Crippen molar-refractivity contribution in [3.05, 3.63) is 29.8 Å². The van der Waals surface area contributed by atoms with E-state index < -0.39 is 11.6 Å². The third-order valence-electron chi connectivity index (χ3n) is 2.94. The highest BCUT2D eigenvalue weighted by molar-refractivity contribution is 5.49. The first kappa shape index (κ1) is 12.9. The van der Waals surface area contributed by atoms with Gasteiger partial charge in [0.25, 0.3) is 0 Å². The molecule has 0 amide bonds. The molecule has 0 spiro atoms. The Morgan fingerprint density at radius 1 is 1.31 bits per heavy atom. The van der Waals surface area contributed by atoms with Crippen molar-refractivity contribution in [2.75, 3.05) is 18.5 Å². The van der Waals surface area contributed by atoms with E-state index in [1.807, 2.05) is 13.8 Å². The van der Waals surface area contributed by atoms with Crippen molar-refractivity contribution in [2.24, 2.45) is 5.73 Å². The highest BCUT2D eigenvalue weighted by Gasteiger charge is 2.24. The molecule has 4 heteroatoms. The van der Waals surface area contributed by atoms with Crippen molar-refractivity contribution in [1.82, 2.24) is 0 Å². The minimum atomic E-state index is -0.564. The van der Waals surface area contributed by atoms with E-state index in [-0.39, 0.29) is 5.54 Å². The average molecular weight is 228 g/mol. The number of rotatable bonds is 4. The van der Waals surface area contributed by atoms with Crippen molar-refractivity contribution >= 4 is 5.69 Å². The number of anilines is 1. The average Bonchev–Trinajstić information content (AvgIpc) is 2.16. The number of halogens is 2. The summed E-state index contributed by atoms with van der Waals surface area (Å²) in [6, 6.07) is 3.60. The summed E-state index contributed by atoms with van der Waals surface area (Å²) in [6.07, 6.45) is 0.736. The topological polar surface area (TPSA) is 29.3 Å². The molecule has 0 unspecified atom stereocenters. The number of nitrogens with zero attached hydrogens (tertiary/aromatic N) is 1. The van der Waals surface area contributed by atoms with Gasteiger partial charge in [0.05, 0.1) is 5.69 Å².